The zero-order valence-electron chi connectivity index (χ0n) is 20.0. The first-order chi connectivity index (χ1) is 16.3. The number of carbonyl (C=O) groups excluding carboxylic acids is 1. The standard InChI is InChI=1S/C24H31N7O3/c1-14-20(30(15(2)32)13-21(14)33)12-31-23-18(10-26-31)9-25-24(28-23)27-19-7-17-11-29(3)6-5-16(17)8-22(19)34-4/h7-10,14,20-21,33H,5-6,11-13H2,1-4H3,(H,25,27,28)/t14-,20-,21+/m1/s1. The minimum absolute atomic E-state index is 0.0491. The molecular formula is C24H31N7O3. The number of amides is 1. The quantitative estimate of drug-likeness (QED) is 0.587. The van der Waals surface area contributed by atoms with Crippen LogP contribution in [0.3, 0.4) is 0 Å². The van der Waals surface area contributed by atoms with E-state index < -0.39 is 6.10 Å². The van der Waals surface area contributed by atoms with Gasteiger partial charge in [0, 0.05) is 38.7 Å². The van der Waals surface area contributed by atoms with Crippen molar-refractivity contribution < 1.29 is 14.6 Å². The summed E-state index contributed by atoms with van der Waals surface area (Å²) in [7, 11) is 3.79. The van der Waals surface area contributed by atoms with Gasteiger partial charge >= 0.3 is 0 Å². The van der Waals surface area contributed by atoms with Crippen LogP contribution in [0.25, 0.3) is 11.0 Å². The van der Waals surface area contributed by atoms with Gasteiger partial charge in [-0.15, -0.1) is 0 Å². The van der Waals surface area contributed by atoms with E-state index in [-0.39, 0.29) is 17.9 Å². The number of nitrogens with zero attached hydrogens (tertiary/aromatic N) is 6. The third-order valence-electron chi connectivity index (χ3n) is 7.11. The lowest BCUT2D eigenvalue weighted by molar-refractivity contribution is -0.130. The molecule has 1 saturated heterocycles. The van der Waals surface area contributed by atoms with Crippen LogP contribution < -0.4 is 10.1 Å². The second-order valence-electron chi connectivity index (χ2n) is 9.40. The number of ether oxygens (including phenoxy) is 1. The van der Waals surface area contributed by atoms with E-state index in [4.69, 9.17) is 9.72 Å². The van der Waals surface area contributed by atoms with E-state index in [2.05, 4.69) is 39.5 Å². The van der Waals surface area contributed by atoms with Crippen LogP contribution in [0.15, 0.2) is 24.5 Å². The number of likely N-dealkylation sites (N-methyl/N-ethyl adjacent to an activating group) is 1. The number of nitrogens with one attached hydrogen (secondary N) is 1. The van der Waals surface area contributed by atoms with Crippen molar-refractivity contribution in [1.29, 1.82) is 0 Å². The number of likely N-dealkylation sites (tertiary alicyclic amines) is 1. The predicted molar refractivity (Wildman–Crippen MR) is 128 cm³/mol. The molecule has 0 unspecified atom stereocenters. The normalized spacial score (nSPS) is 22.7. The van der Waals surface area contributed by atoms with Gasteiger partial charge in [0.2, 0.25) is 11.9 Å². The number of aromatic nitrogens is 4. The van der Waals surface area contributed by atoms with Crippen molar-refractivity contribution in [3.8, 4) is 5.75 Å². The third kappa shape index (κ3) is 4.07. The van der Waals surface area contributed by atoms with Crippen molar-refractivity contribution in [2.75, 3.05) is 32.6 Å². The molecule has 0 saturated carbocycles. The summed E-state index contributed by atoms with van der Waals surface area (Å²) >= 11 is 0. The van der Waals surface area contributed by atoms with Crippen LogP contribution in [0.2, 0.25) is 0 Å². The summed E-state index contributed by atoms with van der Waals surface area (Å²) in [5, 5.41) is 18.9. The topological polar surface area (TPSA) is 109 Å². The highest BCUT2D eigenvalue weighted by Crippen LogP contribution is 2.33. The van der Waals surface area contributed by atoms with Gasteiger partial charge in [-0.05, 0) is 36.7 Å². The van der Waals surface area contributed by atoms with Crippen LogP contribution in [-0.4, -0.2) is 80.0 Å². The van der Waals surface area contributed by atoms with E-state index in [1.54, 1.807) is 29.1 Å². The molecule has 2 aliphatic heterocycles. The first kappa shape index (κ1) is 22.5. The van der Waals surface area contributed by atoms with Gasteiger partial charge in [0.1, 0.15) is 5.75 Å². The molecule has 180 valence electrons. The number of methoxy groups -OCH3 is 1. The number of β-amino-alcohol motifs (C(OH)–C–C–N with tert-alkyl or cyclic N) is 1. The molecule has 0 bridgehead atoms. The third-order valence-corrected chi connectivity index (χ3v) is 7.11. The fourth-order valence-electron chi connectivity index (χ4n) is 5.02. The second kappa shape index (κ2) is 8.84. The highest BCUT2D eigenvalue weighted by atomic mass is 16.5. The molecule has 1 aromatic carbocycles. The number of anilines is 2. The van der Waals surface area contributed by atoms with Gasteiger partial charge < -0.3 is 25.0 Å². The van der Waals surface area contributed by atoms with Gasteiger partial charge in [0.25, 0.3) is 0 Å². The molecule has 2 aromatic heterocycles. The number of aliphatic hydroxyl groups excluding tert-OH is 1. The van der Waals surface area contributed by atoms with Crippen LogP contribution in [-0.2, 0) is 24.3 Å². The van der Waals surface area contributed by atoms with Gasteiger partial charge in [-0.1, -0.05) is 6.92 Å². The number of aliphatic hydroxyl groups is 1. The molecule has 10 nitrogen and oxygen atoms in total. The van der Waals surface area contributed by atoms with Gasteiger partial charge in [-0.3, -0.25) is 4.79 Å². The van der Waals surface area contributed by atoms with Crippen LogP contribution in [0.1, 0.15) is 25.0 Å². The fourth-order valence-corrected chi connectivity index (χ4v) is 5.02. The molecule has 3 atom stereocenters. The largest absolute Gasteiger partial charge is 0.495 e. The predicted octanol–water partition coefficient (Wildman–Crippen LogP) is 1.79. The maximum atomic E-state index is 12.1. The Morgan fingerprint density at radius 2 is 2.12 bits per heavy atom. The average molecular weight is 466 g/mol. The Labute approximate surface area is 198 Å². The van der Waals surface area contributed by atoms with Gasteiger partial charge in [-0.2, -0.15) is 10.1 Å². The summed E-state index contributed by atoms with van der Waals surface area (Å²) in [5.41, 5.74) is 4.06. The van der Waals surface area contributed by atoms with E-state index in [1.165, 1.54) is 18.1 Å². The number of fused-ring (bicyclic) bond motifs is 2. The molecule has 0 aliphatic carbocycles. The zero-order valence-corrected chi connectivity index (χ0v) is 20.0. The lowest BCUT2D eigenvalue weighted by atomic mass is 9.99. The molecule has 1 fully saturated rings. The smallest absolute Gasteiger partial charge is 0.229 e. The molecule has 0 spiro atoms. The summed E-state index contributed by atoms with van der Waals surface area (Å²) in [6.07, 6.45) is 3.92. The molecule has 10 heteroatoms. The van der Waals surface area contributed by atoms with Crippen LogP contribution in [0, 0.1) is 5.92 Å². The molecule has 4 heterocycles. The SMILES string of the molecule is COc1cc2c(cc1Nc1ncc3cnn(C[C@@H]4[C@@H](C)[C@@H](O)CN4C(C)=O)c3n1)CN(C)CC2. The van der Waals surface area contributed by atoms with Crippen molar-refractivity contribution in [1.82, 2.24) is 29.5 Å². The number of benzene rings is 1. The van der Waals surface area contributed by atoms with Crippen molar-refractivity contribution in [2.24, 2.45) is 5.92 Å². The molecule has 1 amide bonds. The van der Waals surface area contributed by atoms with Crippen molar-refractivity contribution >= 4 is 28.6 Å². The van der Waals surface area contributed by atoms with E-state index in [9.17, 15) is 9.90 Å². The summed E-state index contributed by atoms with van der Waals surface area (Å²) in [6.45, 7) is 6.21. The van der Waals surface area contributed by atoms with Crippen LogP contribution >= 0.6 is 0 Å². The Kier molecular flexibility index (Phi) is 5.86. The summed E-state index contributed by atoms with van der Waals surface area (Å²) in [5.74, 6) is 1.10. The minimum atomic E-state index is -0.543. The number of hydrogen-bond acceptors (Lipinski definition) is 8. The fraction of sp³-hybridized carbons (Fsp3) is 0.500. The molecule has 5 rings (SSSR count). The second-order valence-corrected chi connectivity index (χ2v) is 9.40. The number of hydrogen-bond donors (Lipinski definition) is 2. The van der Waals surface area contributed by atoms with E-state index in [0.717, 1.165) is 36.3 Å². The molecule has 3 aromatic rings. The van der Waals surface area contributed by atoms with Crippen LogP contribution in [0.5, 0.6) is 5.75 Å². The summed E-state index contributed by atoms with van der Waals surface area (Å²) in [4.78, 5) is 25.3. The monoisotopic (exact) mass is 465 g/mol. The first-order valence-corrected chi connectivity index (χ1v) is 11.6. The Balaban J connectivity index is 1.44. The van der Waals surface area contributed by atoms with Crippen molar-refractivity contribution in [2.45, 2.75) is 45.5 Å². The van der Waals surface area contributed by atoms with Gasteiger partial charge in [0.05, 0.1) is 43.1 Å². The van der Waals surface area contributed by atoms with Gasteiger partial charge in [-0.25, -0.2) is 9.67 Å². The Hall–Kier alpha value is -3.24. The highest BCUT2D eigenvalue weighted by Gasteiger charge is 2.39. The van der Waals surface area contributed by atoms with E-state index >= 15 is 0 Å². The Bertz CT molecular complexity index is 1230. The minimum Gasteiger partial charge on any atom is -0.495 e. The first-order valence-electron chi connectivity index (χ1n) is 11.6. The van der Waals surface area contributed by atoms with E-state index in [1.807, 2.05) is 6.92 Å². The molecule has 2 N–H and O–H groups in total. The summed E-state index contributed by atoms with van der Waals surface area (Å²) < 4.78 is 7.43. The number of carbonyl (C=O) groups is 1. The molecular weight excluding hydrogens is 434 g/mol. The maximum Gasteiger partial charge on any atom is 0.229 e. The molecule has 0 radical (unpaired) electrons. The number of rotatable bonds is 5. The highest BCUT2D eigenvalue weighted by molar-refractivity contribution is 5.76. The van der Waals surface area contributed by atoms with Crippen molar-refractivity contribution in [3.05, 3.63) is 35.7 Å². The van der Waals surface area contributed by atoms with E-state index in [0.29, 0.717) is 24.7 Å². The van der Waals surface area contributed by atoms with Crippen LogP contribution in [0.4, 0.5) is 11.6 Å². The average Bonchev–Trinajstić information content (AvgIpc) is 3.34. The Morgan fingerprint density at radius 1 is 1.29 bits per heavy atom. The Morgan fingerprint density at radius 3 is 2.88 bits per heavy atom. The van der Waals surface area contributed by atoms with Crippen molar-refractivity contribution in [3.63, 3.8) is 0 Å². The summed E-state index contributed by atoms with van der Waals surface area (Å²) in [6, 6.07) is 4.05. The maximum absolute atomic E-state index is 12.1. The zero-order chi connectivity index (χ0) is 24.0. The lowest BCUT2D eigenvalue weighted by Gasteiger charge is -2.26. The molecule has 2 aliphatic rings. The van der Waals surface area contributed by atoms with Gasteiger partial charge in [0.15, 0.2) is 5.65 Å². The lowest BCUT2D eigenvalue weighted by Crippen LogP contribution is -2.39. The molecule has 34 heavy (non-hydrogen) atoms.